The van der Waals surface area contributed by atoms with Crippen molar-refractivity contribution < 1.29 is 5.03 Å². The van der Waals surface area contributed by atoms with Gasteiger partial charge in [-0.2, -0.15) is 5.84 Å². The summed E-state index contributed by atoms with van der Waals surface area (Å²) in [7, 11) is 0. The minimum absolute atomic E-state index is 1.00. The highest BCUT2D eigenvalue weighted by Gasteiger charge is 1.96. The van der Waals surface area contributed by atoms with Crippen molar-refractivity contribution in [3.63, 3.8) is 0 Å². The average molecular weight is 241 g/mol. The second-order valence-electron chi connectivity index (χ2n) is 3.66. The molecule has 0 aliphatic rings. The maximum absolute atomic E-state index is 8.58. The largest absolute Gasteiger partial charge is 0.248 e. The molecule has 0 amide bonds. The summed E-state index contributed by atoms with van der Waals surface area (Å²) < 4.78 is 0. The van der Waals surface area contributed by atoms with Crippen LogP contribution in [0.4, 0.5) is 0 Å². The molecule has 1 heterocycles. The van der Waals surface area contributed by atoms with Gasteiger partial charge in [0.1, 0.15) is 0 Å². The van der Waals surface area contributed by atoms with Gasteiger partial charge in [0, 0.05) is 10.8 Å². The minimum Gasteiger partial charge on any atom is -0.248 e. The first kappa shape index (κ1) is 11.8. The van der Waals surface area contributed by atoms with Crippen LogP contribution < -0.4 is 5.84 Å². The Kier molecular flexibility index (Phi) is 3.33. The van der Waals surface area contributed by atoms with Crippen molar-refractivity contribution in [2.45, 2.75) is 0 Å². The molecular weight excluding hydrogens is 230 g/mol. The molecule has 3 aromatic rings. The van der Waals surface area contributed by atoms with E-state index >= 15 is 0 Å². The summed E-state index contributed by atoms with van der Waals surface area (Å²) in [4.78, 5) is 13.2. The highest BCUT2D eigenvalue weighted by Crippen LogP contribution is 2.18. The fraction of sp³-hybridized carbons (Fsp3) is 0. The highest BCUT2D eigenvalue weighted by atomic mass is 16.7. The molecule has 0 spiro atoms. The summed E-state index contributed by atoms with van der Waals surface area (Å²) in [6.45, 7) is 0. The summed E-state index contributed by atoms with van der Waals surface area (Å²) in [5, 5.41) is 9.98. The Bertz CT molecular complexity index is 589. The fourth-order valence-electron chi connectivity index (χ4n) is 1.72. The van der Waals surface area contributed by atoms with Crippen LogP contribution in [0.25, 0.3) is 21.8 Å². The molecule has 5 heteroatoms. The molecule has 0 saturated carbocycles. The quantitative estimate of drug-likeness (QED) is 0.284. The third kappa shape index (κ3) is 2.70. The zero-order valence-corrected chi connectivity index (χ0v) is 9.48. The number of rotatable bonds is 0. The number of hydrogen-bond donors (Lipinski definition) is 1. The lowest BCUT2D eigenvalue weighted by Crippen LogP contribution is -2.04. The minimum atomic E-state index is -1.00. The van der Waals surface area contributed by atoms with Gasteiger partial charge in [-0.15, -0.1) is 0 Å². The van der Waals surface area contributed by atoms with Gasteiger partial charge in [-0.05, 0) is 18.2 Å². The van der Waals surface area contributed by atoms with Crippen LogP contribution in [0.15, 0.2) is 54.6 Å². The van der Waals surface area contributed by atoms with E-state index in [4.69, 9.17) is 10.1 Å². The number of benzene rings is 2. The standard InChI is InChI=1S/C13H9N.H2N2O2/c1-3-7-12-10(5-1)9-11-6-2-4-8-13(11)14-12;1-2(3)4/h1-9H;1H2. The van der Waals surface area contributed by atoms with E-state index in [1.165, 1.54) is 10.8 Å². The van der Waals surface area contributed by atoms with Gasteiger partial charge in [0.25, 0.3) is 0 Å². The third-order valence-electron chi connectivity index (χ3n) is 2.43. The molecule has 0 aliphatic heterocycles. The molecular formula is C13H11N3O2. The van der Waals surface area contributed by atoms with E-state index in [2.05, 4.69) is 29.0 Å². The van der Waals surface area contributed by atoms with E-state index in [0.29, 0.717) is 0 Å². The van der Waals surface area contributed by atoms with Crippen LogP contribution in [-0.4, -0.2) is 10.0 Å². The lowest BCUT2D eigenvalue weighted by atomic mass is 10.1. The molecule has 0 bridgehead atoms. The molecule has 90 valence electrons. The van der Waals surface area contributed by atoms with Gasteiger partial charge in [0.05, 0.1) is 11.0 Å². The number of hydrazine groups is 1. The second kappa shape index (κ2) is 5.09. The van der Waals surface area contributed by atoms with Gasteiger partial charge in [-0.25, -0.2) is 15.1 Å². The van der Waals surface area contributed by atoms with Crippen LogP contribution in [0.2, 0.25) is 0 Å². The van der Waals surface area contributed by atoms with E-state index < -0.39 is 5.03 Å². The molecule has 0 saturated heterocycles. The Morgan fingerprint density at radius 3 is 1.78 bits per heavy atom. The van der Waals surface area contributed by atoms with Crippen LogP contribution in [0.3, 0.4) is 0 Å². The van der Waals surface area contributed by atoms with Crippen LogP contribution in [0, 0.1) is 10.1 Å². The van der Waals surface area contributed by atoms with Crippen molar-refractivity contribution in [1.82, 2.24) is 4.98 Å². The maximum Gasteiger partial charge on any atom is 0.154 e. The van der Waals surface area contributed by atoms with Crippen molar-refractivity contribution >= 4 is 21.8 Å². The fourth-order valence-corrected chi connectivity index (χ4v) is 1.72. The molecule has 3 rings (SSSR count). The van der Waals surface area contributed by atoms with E-state index in [0.717, 1.165) is 11.0 Å². The number of aromatic nitrogens is 1. The monoisotopic (exact) mass is 241 g/mol. The summed E-state index contributed by atoms with van der Waals surface area (Å²) in [5.74, 6) is 3.83. The first-order chi connectivity index (χ1) is 8.66. The van der Waals surface area contributed by atoms with E-state index in [1.54, 1.807) is 0 Å². The topological polar surface area (TPSA) is 82.0 Å². The summed E-state index contributed by atoms with van der Waals surface area (Å²) in [6.07, 6.45) is 0. The number of pyridine rings is 1. The Labute approximate surface area is 103 Å². The predicted molar refractivity (Wildman–Crippen MR) is 70.4 cm³/mol. The molecule has 0 radical (unpaired) electrons. The van der Waals surface area contributed by atoms with E-state index in [9.17, 15) is 0 Å². The average Bonchev–Trinajstić information content (AvgIpc) is 2.35. The Morgan fingerprint density at radius 2 is 1.33 bits per heavy atom. The van der Waals surface area contributed by atoms with Crippen LogP contribution >= 0.6 is 0 Å². The van der Waals surface area contributed by atoms with Gasteiger partial charge in [0.15, 0.2) is 5.03 Å². The molecule has 5 nitrogen and oxygen atoms in total. The lowest BCUT2D eigenvalue weighted by Gasteiger charge is -1.99. The molecule has 0 fully saturated rings. The maximum atomic E-state index is 8.58. The van der Waals surface area contributed by atoms with Crippen LogP contribution in [0.1, 0.15) is 0 Å². The summed E-state index contributed by atoms with van der Waals surface area (Å²) >= 11 is 0. The van der Waals surface area contributed by atoms with Crippen LogP contribution in [0.5, 0.6) is 0 Å². The van der Waals surface area contributed by atoms with Gasteiger partial charge in [0.2, 0.25) is 0 Å². The number of nitro groups is 1. The number of nitrogens with two attached hydrogens (primary N) is 1. The highest BCUT2D eigenvalue weighted by molar-refractivity contribution is 5.92. The molecule has 2 N–H and O–H groups in total. The zero-order valence-electron chi connectivity index (χ0n) is 9.48. The van der Waals surface area contributed by atoms with Gasteiger partial charge in [-0.1, -0.05) is 36.4 Å². The first-order valence-electron chi connectivity index (χ1n) is 5.30. The lowest BCUT2D eigenvalue weighted by molar-refractivity contribution is -0.491. The normalized spacial score (nSPS) is 9.78. The predicted octanol–water partition coefficient (Wildman–Crippen LogP) is 2.52. The molecule has 0 unspecified atom stereocenters. The van der Waals surface area contributed by atoms with Crippen LogP contribution in [-0.2, 0) is 0 Å². The Hall–Kier alpha value is -2.69. The number of para-hydroxylation sites is 2. The van der Waals surface area contributed by atoms with Crippen molar-refractivity contribution in [3.05, 3.63) is 64.7 Å². The molecule has 2 aromatic carbocycles. The Morgan fingerprint density at radius 1 is 0.944 bits per heavy atom. The third-order valence-corrected chi connectivity index (χ3v) is 2.43. The zero-order chi connectivity index (χ0) is 13.0. The van der Waals surface area contributed by atoms with Crippen molar-refractivity contribution in [1.29, 1.82) is 0 Å². The second-order valence-corrected chi connectivity index (χ2v) is 3.66. The molecule has 1 aromatic heterocycles. The first-order valence-corrected chi connectivity index (χ1v) is 5.30. The summed E-state index contributed by atoms with van der Waals surface area (Å²) in [5.41, 5.74) is 2.12. The SMILES string of the molecule is N[N+](=O)[O-].c1ccc2nc3ccccc3cc2c1. The number of hydrogen-bond acceptors (Lipinski definition) is 3. The van der Waals surface area contributed by atoms with Crippen molar-refractivity contribution in [2.24, 2.45) is 5.84 Å². The molecule has 0 atom stereocenters. The molecule has 0 aliphatic carbocycles. The van der Waals surface area contributed by atoms with E-state index in [-0.39, 0.29) is 0 Å². The number of fused-ring (bicyclic) bond motifs is 2. The van der Waals surface area contributed by atoms with Gasteiger partial charge >= 0.3 is 0 Å². The summed E-state index contributed by atoms with van der Waals surface area (Å²) in [6, 6.07) is 18.6. The molecule has 18 heavy (non-hydrogen) atoms. The van der Waals surface area contributed by atoms with Gasteiger partial charge in [-0.3, -0.25) is 0 Å². The number of nitrogens with zero attached hydrogens (tertiary/aromatic N) is 2. The van der Waals surface area contributed by atoms with E-state index in [1.807, 2.05) is 36.4 Å². The van der Waals surface area contributed by atoms with Crippen molar-refractivity contribution in [2.75, 3.05) is 0 Å². The van der Waals surface area contributed by atoms with Gasteiger partial charge < -0.3 is 0 Å². The smallest absolute Gasteiger partial charge is 0.154 e. The van der Waals surface area contributed by atoms with Crippen molar-refractivity contribution in [3.8, 4) is 0 Å². The Balaban J connectivity index is 0.000000267.